The topological polar surface area (TPSA) is 0 Å². The average molecular weight is 287 g/mol. The molecule has 118 valence electrons. The van der Waals surface area contributed by atoms with Crippen molar-refractivity contribution in [2.24, 2.45) is 0 Å². The highest BCUT2D eigenvalue weighted by Gasteiger charge is 2.11. The quantitative estimate of drug-likeness (QED) is 0.387. The van der Waals surface area contributed by atoms with Gasteiger partial charge in [-0.2, -0.15) is 0 Å². The Morgan fingerprint density at radius 2 is 1.29 bits per heavy atom. The van der Waals surface area contributed by atoms with Crippen LogP contribution in [0, 0.1) is 34.6 Å². The first-order valence-electron chi connectivity index (χ1n) is 8.61. The van der Waals surface area contributed by atoms with Gasteiger partial charge in [-0.05, 0) is 94.2 Å². The minimum Gasteiger partial charge on any atom is -0.0812 e. The molecule has 0 nitrogen and oxygen atoms in total. The molecule has 0 aliphatic carbocycles. The molecule has 0 aliphatic rings. The summed E-state index contributed by atoms with van der Waals surface area (Å²) >= 11 is 0. The predicted octanol–water partition coefficient (Wildman–Crippen LogP) is 6.69. The lowest BCUT2D eigenvalue weighted by Crippen LogP contribution is -2.02. The summed E-state index contributed by atoms with van der Waals surface area (Å²) in [5.74, 6) is 0. The van der Waals surface area contributed by atoms with E-state index in [4.69, 9.17) is 0 Å². The number of unbranched alkanes of at least 4 members (excludes halogenated alkanes) is 3. The normalized spacial score (nSPS) is 12.0. The molecule has 0 heteroatoms. The summed E-state index contributed by atoms with van der Waals surface area (Å²) in [6.45, 7) is 15.9. The van der Waals surface area contributed by atoms with Gasteiger partial charge in [-0.3, -0.25) is 0 Å². The predicted molar refractivity (Wildman–Crippen MR) is 96.3 cm³/mol. The number of allylic oxidation sites excluding steroid dienone is 2. The highest BCUT2D eigenvalue weighted by atomic mass is 14.2. The monoisotopic (exact) mass is 286 g/mol. The molecule has 0 saturated heterocycles. The Morgan fingerprint density at radius 3 is 1.81 bits per heavy atom. The molecule has 21 heavy (non-hydrogen) atoms. The molecule has 0 atom stereocenters. The van der Waals surface area contributed by atoms with Crippen LogP contribution in [0.4, 0.5) is 0 Å². The van der Waals surface area contributed by atoms with Crippen molar-refractivity contribution < 1.29 is 0 Å². The number of benzene rings is 1. The Bertz CT molecular complexity index is 474. The first-order valence-corrected chi connectivity index (χ1v) is 8.61. The van der Waals surface area contributed by atoms with E-state index in [-0.39, 0.29) is 0 Å². The van der Waals surface area contributed by atoms with Gasteiger partial charge in [0.05, 0.1) is 0 Å². The van der Waals surface area contributed by atoms with Crippen molar-refractivity contribution in [2.75, 3.05) is 0 Å². The van der Waals surface area contributed by atoms with Gasteiger partial charge < -0.3 is 0 Å². The summed E-state index contributed by atoms with van der Waals surface area (Å²) < 4.78 is 0. The molecule has 0 heterocycles. The highest BCUT2D eigenvalue weighted by molar-refractivity contribution is 5.50. The molecule has 1 aromatic rings. The van der Waals surface area contributed by atoms with E-state index in [1.54, 1.807) is 11.1 Å². The first-order chi connectivity index (χ1) is 9.90. The molecule has 0 amide bonds. The smallest absolute Gasteiger partial charge is 0.00894 e. The fraction of sp³-hybridized carbons (Fsp3) is 0.619. The van der Waals surface area contributed by atoms with Crippen molar-refractivity contribution in [3.8, 4) is 0 Å². The molecule has 0 aromatic heterocycles. The summed E-state index contributed by atoms with van der Waals surface area (Å²) in [4.78, 5) is 0. The van der Waals surface area contributed by atoms with E-state index >= 15 is 0 Å². The zero-order valence-electron chi connectivity index (χ0n) is 15.3. The fourth-order valence-electron chi connectivity index (χ4n) is 3.09. The average Bonchev–Trinajstić information content (AvgIpc) is 2.47. The number of rotatable bonds is 7. The van der Waals surface area contributed by atoms with Gasteiger partial charge in [0.25, 0.3) is 0 Å². The van der Waals surface area contributed by atoms with Crippen LogP contribution in [0.3, 0.4) is 0 Å². The molecule has 1 aromatic carbocycles. The van der Waals surface area contributed by atoms with Gasteiger partial charge in [0, 0.05) is 0 Å². The van der Waals surface area contributed by atoms with Gasteiger partial charge in [0.1, 0.15) is 0 Å². The molecule has 0 unspecified atom stereocenters. The zero-order valence-corrected chi connectivity index (χ0v) is 15.3. The van der Waals surface area contributed by atoms with Gasteiger partial charge in [0.15, 0.2) is 0 Å². The highest BCUT2D eigenvalue weighted by Crippen LogP contribution is 2.27. The molecular formula is C21H34. The summed E-state index contributed by atoms with van der Waals surface area (Å²) in [6, 6.07) is 0. The Hall–Kier alpha value is -1.04. The maximum absolute atomic E-state index is 2.45. The SMILES string of the molecule is CCCCCC/C(C)=C/Cc1c(C)c(C)c(C)c(C)c1C. The molecule has 0 fully saturated rings. The van der Waals surface area contributed by atoms with Gasteiger partial charge in [0.2, 0.25) is 0 Å². The van der Waals surface area contributed by atoms with Crippen LogP contribution < -0.4 is 0 Å². The second-order valence-electron chi connectivity index (χ2n) is 6.67. The van der Waals surface area contributed by atoms with Gasteiger partial charge in [-0.25, -0.2) is 0 Å². The van der Waals surface area contributed by atoms with E-state index in [1.165, 1.54) is 59.9 Å². The molecule has 0 radical (unpaired) electrons. The van der Waals surface area contributed by atoms with E-state index < -0.39 is 0 Å². The van der Waals surface area contributed by atoms with Crippen molar-refractivity contribution in [1.29, 1.82) is 0 Å². The molecule has 0 saturated carbocycles. The largest absolute Gasteiger partial charge is 0.0812 e. The van der Waals surface area contributed by atoms with Crippen LogP contribution in [0.5, 0.6) is 0 Å². The maximum atomic E-state index is 2.45. The van der Waals surface area contributed by atoms with E-state index in [0.717, 1.165) is 6.42 Å². The molecular weight excluding hydrogens is 252 g/mol. The van der Waals surface area contributed by atoms with E-state index in [1.807, 2.05) is 0 Å². The summed E-state index contributed by atoms with van der Waals surface area (Å²) in [5, 5.41) is 0. The lowest BCUT2D eigenvalue weighted by molar-refractivity contribution is 0.663. The summed E-state index contributed by atoms with van der Waals surface area (Å²) in [5.41, 5.74) is 10.5. The number of hydrogen-bond donors (Lipinski definition) is 0. The second kappa shape index (κ2) is 8.41. The van der Waals surface area contributed by atoms with Crippen molar-refractivity contribution >= 4 is 0 Å². The van der Waals surface area contributed by atoms with Crippen molar-refractivity contribution in [3.05, 3.63) is 45.0 Å². The van der Waals surface area contributed by atoms with Crippen LogP contribution in [0.2, 0.25) is 0 Å². The minimum absolute atomic E-state index is 1.10. The Kier molecular flexibility index (Phi) is 7.22. The van der Waals surface area contributed by atoms with E-state index in [0.29, 0.717) is 0 Å². The third kappa shape index (κ3) is 4.73. The van der Waals surface area contributed by atoms with Crippen LogP contribution in [0.25, 0.3) is 0 Å². The maximum Gasteiger partial charge on any atom is -0.00894 e. The lowest BCUT2D eigenvalue weighted by Gasteiger charge is -2.18. The van der Waals surface area contributed by atoms with Crippen LogP contribution in [0.15, 0.2) is 11.6 Å². The van der Waals surface area contributed by atoms with E-state index in [2.05, 4.69) is 54.5 Å². The first kappa shape index (κ1) is 18.0. The summed E-state index contributed by atoms with van der Waals surface area (Å²) in [7, 11) is 0. The third-order valence-electron chi connectivity index (χ3n) is 5.23. The minimum atomic E-state index is 1.10. The third-order valence-corrected chi connectivity index (χ3v) is 5.23. The van der Waals surface area contributed by atoms with Crippen LogP contribution >= 0.6 is 0 Å². The van der Waals surface area contributed by atoms with E-state index in [9.17, 15) is 0 Å². The van der Waals surface area contributed by atoms with Gasteiger partial charge >= 0.3 is 0 Å². The van der Waals surface area contributed by atoms with Crippen molar-refractivity contribution in [1.82, 2.24) is 0 Å². The van der Waals surface area contributed by atoms with Crippen LogP contribution in [-0.4, -0.2) is 0 Å². The van der Waals surface area contributed by atoms with Crippen LogP contribution in [-0.2, 0) is 6.42 Å². The van der Waals surface area contributed by atoms with Crippen molar-refractivity contribution in [2.45, 2.75) is 87.0 Å². The Balaban J connectivity index is 2.80. The second-order valence-corrected chi connectivity index (χ2v) is 6.67. The van der Waals surface area contributed by atoms with Crippen LogP contribution in [0.1, 0.15) is 79.3 Å². The standard InChI is InChI=1S/C21H34/c1-8-9-10-11-12-15(2)13-14-21-19(6)17(4)16(3)18(5)20(21)7/h13H,8-12,14H2,1-7H3/b15-13+. The molecule has 0 aliphatic heterocycles. The van der Waals surface area contributed by atoms with Crippen molar-refractivity contribution in [3.63, 3.8) is 0 Å². The Morgan fingerprint density at radius 1 is 0.762 bits per heavy atom. The molecule has 1 rings (SSSR count). The zero-order chi connectivity index (χ0) is 16.0. The molecule has 0 bridgehead atoms. The number of hydrogen-bond acceptors (Lipinski definition) is 0. The lowest BCUT2D eigenvalue weighted by atomic mass is 9.88. The fourth-order valence-corrected chi connectivity index (χ4v) is 3.09. The Labute approximate surface area is 132 Å². The van der Waals surface area contributed by atoms with Gasteiger partial charge in [-0.1, -0.05) is 37.8 Å². The molecule has 0 spiro atoms. The van der Waals surface area contributed by atoms with Gasteiger partial charge in [-0.15, -0.1) is 0 Å². The summed E-state index contributed by atoms with van der Waals surface area (Å²) in [6.07, 6.45) is 10.2. The molecule has 0 N–H and O–H groups in total.